The van der Waals surface area contributed by atoms with Crippen LogP contribution in [0.1, 0.15) is 11.6 Å². The van der Waals surface area contributed by atoms with Gasteiger partial charge in [-0.15, -0.1) is 10.2 Å². The Balaban J connectivity index is 2.18. The molecule has 0 amide bonds. The molecule has 0 aliphatic heterocycles. The predicted molar refractivity (Wildman–Crippen MR) is 82.6 cm³/mol. The number of hydrogen-bond acceptors (Lipinski definition) is 3. The second kappa shape index (κ2) is 5.71. The maximum absolute atomic E-state index is 4.12. The van der Waals surface area contributed by atoms with Crippen LogP contribution in [0, 0.1) is 6.92 Å². The highest BCUT2D eigenvalue weighted by Crippen LogP contribution is 2.34. The molecule has 2 rings (SSSR count). The summed E-state index contributed by atoms with van der Waals surface area (Å²) in [7, 11) is 1.96. The zero-order chi connectivity index (χ0) is 13.3. The van der Waals surface area contributed by atoms with Crippen molar-refractivity contribution in [1.29, 1.82) is 0 Å². The van der Waals surface area contributed by atoms with Crippen LogP contribution in [0.2, 0.25) is 0 Å². The Hall–Kier alpha value is -0.400. The molecule has 1 aromatic carbocycles. The smallest absolute Gasteiger partial charge is 0.152 e. The number of aromatic nitrogens is 3. The van der Waals surface area contributed by atoms with Gasteiger partial charge in [-0.1, -0.05) is 15.9 Å². The van der Waals surface area contributed by atoms with E-state index in [0.29, 0.717) is 6.54 Å². The first-order valence-electron chi connectivity index (χ1n) is 5.22. The average Bonchev–Trinajstić information content (AvgIpc) is 2.59. The third-order valence-corrected chi connectivity index (χ3v) is 4.32. The van der Waals surface area contributed by atoms with E-state index in [2.05, 4.69) is 63.3 Å². The zero-order valence-electron chi connectivity index (χ0n) is 9.84. The summed E-state index contributed by atoms with van der Waals surface area (Å²) in [5.41, 5.74) is 0.999. The quantitative estimate of drug-likeness (QED) is 0.787. The number of anilines is 1. The maximum Gasteiger partial charge on any atom is 0.152 e. The van der Waals surface area contributed by atoms with E-state index in [1.165, 1.54) is 0 Å². The molecule has 0 aliphatic carbocycles. The molecule has 0 atom stereocenters. The van der Waals surface area contributed by atoms with Crippen molar-refractivity contribution in [3.05, 3.63) is 37.2 Å². The summed E-state index contributed by atoms with van der Waals surface area (Å²) in [6.07, 6.45) is 0. The van der Waals surface area contributed by atoms with Crippen molar-refractivity contribution in [3.8, 4) is 0 Å². The molecule has 7 heteroatoms. The lowest BCUT2D eigenvalue weighted by atomic mass is 10.3. The van der Waals surface area contributed by atoms with Gasteiger partial charge in [0, 0.05) is 20.5 Å². The third-order valence-electron chi connectivity index (χ3n) is 2.61. The van der Waals surface area contributed by atoms with E-state index >= 15 is 0 Å². The van der Waals surface area contributed by atoms with Crippen molar-refractivity contribution in [2.24, 2.45) is 7.05 Å². The topological polar surface area (TPSA) is 42.7 Å². The van der Waals surface area contributed by atoms with Crippen molar-refractivity contribution in [2.75, 3.05) is 5.32 Å². The Morgan fingerprint density at radius 1 is 1.17 bits per heavy atom. The van der Waals surface area contributed by atoms with Gasteiger partial charge >= 0.3 is 0 Å². The maximum atomic E-state index is 4.12. The predicted octanol–water partition coefficient (Wildman–Crippen LogP) is 4.02. The van der Waals surface area contributed by atoms with Gasteiger partial charge in [0.2, 0.25) is 0 Å². The molecule has 96 valence electrons. The third kappa shape index (κ3) is 2.95. The lowest BCUT2D eigenvalue weighted by molar-refractivity contribution is 0.789. The number of nitrogens with zero attached hydrogens (tertiary/aromatic N) is 3. The monoisotopic (exact) mass is 436 g/mol. The van der Waals surface area contributed by atoms with Gasteiger partial charge in [0.25, 0.3) is 0 Å². The molecular weight excluding hydrogens is 428 g/mol. The number of rotatable bonds is 3. The van der Waals surface area contributed by atoms with Crippen LogP contribution < -0.4 is 5.32 Å². The van der Waals surface area contributed by atoms with Crippen LogP contribution in [-0.2, 0) is 13.6 Å². The molecule has 0 unspecified atom stereocenters. The van der Waals surface area contributed by atoms with Crippen LogP contribution >= 0.6 is 47.8 Å². The standard InChI is InChI=1S/C11H11Br3N4/c1-6-16-17-10(18(6)2)5-15-11-8(13)3-7(12)4-9(11)14/h3-4,15H,5H2,1-2H3. The fraction of sp³-hybridized carbons (Fsp3) is 0.273. The lowest BCUT2D eigenvalue weighted by Gasteiger charge is -2.11. The van der Waals surface area contributed by atoms with E-state index in [0.717, 1.165) is 30.8 Å². The molecule has 0 radical (unpaired) electrons. The van der Waals surface area contributed by atoms with Crippen LogP contribution in [0.4, 0.5) is 5.69 Å². The summed E-state index contributed by atoms with van der Waals surface area (Å²) >= 11 is 10.5. The minimum Gasteiger partial charge on any atom is -0.376 e. The molecule has 0 spiro atoms. The van der Waals surface area contributed by atoms with E-state index in [-0.39, 0.29) is 0 Å². The Bertz CT molecular complexity index is 557. The van der Waals surface area contributed by atoms with E-state index in [9.17, 15) is 0 Å². The molecule has 1 aromatic heterocycles. The van der Waals surface area contributed by atoms with Gasteiger partial charge in [-0.25, -0.2) is 0 Å². The lowest BCUT2D eigenvalue weighted by Crippen LogP contribution is -2.07. The highest BCUT2D eigenvalue weighted by Gasteiger charge is 2.09. The van der Waals surface area contributed by atoms with Crippen molar-refractivity contribution in [3.63, 3.8) is 0 Å². The first-order chi connectivity index (χ1) is 8.49. The first-order valence-corrected chi connectivity index (χ1v) is 7.60. The SMILES string of the molecule is Cc1nnc(CNc2c(Br)cc(Br)cc2Br)n1C. The molecule has 0 saturated heterocycles. The second-order valence-electron chi connectivity index (χ2n) is 3.82. The minimum atomic E-state index is 0.621. The molecule has 4 nitrogen and oxygen atoms in total. The molecule has 0 aliphatic rings. The number of nitrogens with one attached hydrogen (secondary N) is 1. The molecule has 0 fully saturated rings. The van der Waals surface area contributed by atoms with Crippen LogP contribution in [0.3, 0.4) is 0 Å². The molecule has 1 heterocycles. The van der Waals surface area contributed by atoms with Crippen LogP contribution in [-0.4, -0.2) is 14.8 Å². The van der Waals surface area contributed by atoms with Gasteiger partial charge in [0.1, 0.15) is 5.82 Å². The van der Waals surface area contributed by atoms with Crippen LogP contribution in [0.25, 0.3) is 0 Å². The summed E-state index contributed by atoms with van der Waals surface area (Å²) in [5.74, 6) is 1.80. The fourth-order valence-corrected chi connectivity index (χ4v) is 4.02. The van der Waals surface area contributed by atoms with Crippen molar-refractivity contribution in [2.45, 2.75) is 13.5 Å². The fourth-order valence-electron chi connectivity index (χ4n) is 1.48. The summed E-state index contributed by atoms with van der Waals surface area (Å²) in [6.45, 7) is 2.55. The van der Waals surface area contributed by atoms with E-state index in [1.807, 2.05) is 30.7 Å². The van der Waals surface area contributed by atoms with E-state index in [1.54, 1.807) is 0 Å². The number of aryl methyl sites for hydroxylation is 1. The Morgan fingerprint density at radius 2 is 1.78 bits per heavy atom. The van der Waals surface area contributed by atoms with Crippen molar-refractivity contribution in [1.82, 2.24) is 14.8 Å². The zero-order valence-corrected chi connectivity index (χ0v) is 14.6. The van der Waals surface area contributed by atoms with Gasteiger partial charge < -0.3 is 9.88 Å². The number of halogens is 3. The minimum absolute atomic E-state index is 0.621. The summed E-state index contributed by atoms with van der Waals surface area (Å²) < 4.78 is 4.96. The molecule has 0 bridgehead atoms. The summed E-state index contributed by atoms with van der Waals surface area (Å²) in [4.78, 5) is 0. The van der Waals surface area contributed by atoms with E-state index in [4.69, 9.17) is 0 Å². The summed E-state index contributed by atoms with van der Waals surface area (Å²) in [5, 5.41) is 11.5. The second-order valence-corrected chi connectivity index (χ2v) is 6.44. The Kier molecular flexibility index (Phi) is 4.45. The van der Waals surface area contributed by atoms with Gasteiger partial charge in [-0.2, -0.15) is 0 Å². The number of hydrogen-bond donors (Lipinski definition) is 1. The van der Waals surface area contributed by atoms with Gasteiger partial charge in [0.15, 0.2) is 5.82 Å². The Labute approximate surface area is 131 Å². The largest absolute Gasteiger partial charge is 0.376 e. The molecule has 18 heavy (non-hydrogen) atoms. The summed E-state index contributed by atoms with van der Waals surface area (Å²) in [6, 6.07) is 3.99. The van der Waals surface area contributed by atoms with Gasteiger partial charge in [-0.3, -0.25) is 0 Å². The Morgan fingerprint density at radius 3 is 2.28 bits per heavy atom. The molecule has 1 N–H and O–H groups in total. The van der Waals surface area contributed by atoms with Crippen LogP contribution in [0.15, 0.2) is 25.6 Å². The van der Waals surface area contributed by atoms with Crippen molar-refractivity contribution >= 4 is 53.5 Å². The van der Waals surface area contributed by atoms with Gasteiger partial charge in [-0.05, 0) is 50.9 Å². The highest BCUT2D eigenvalue weighted by molar-refractivity contribution is 9.11. The van der Waals surface area contributed by atoms with Crippen molar-refractivity contribution < 1.29 is 0 Å². The first kappa shape index (κ1) is 14.0. The normalized spacial score (nSPS) is 10.7. The average molecular weight is 439 g/mol. The molecular formula is C11H11Br3N4. The van der Waals surface area contributed by atoms with Gasteiger partial charge in [0.05, 0.1) is 12.2 Å². The molecule has 2 aromatic rings. The molecule has 0 saturated carbocycles. The van der Waals surface area contributed by atoms with Crippen LogP contribution in [0.5, 0.6) is 0 Å². The highest BCUT2D eigenvalue weighted by atomic mass is 79.9. The van der Waals surface area contributed by atoms with E-state index < -0.39 is 0 Å². The number of benzene rings is 1.